The molecule has 2 aromatic rings. The summed E-state index contributed by atoms with van der Waals surface area (Å²) in [6, 6.07) is 19.0. The highest BCUT2D eigenvalue weighted by Crippen LogP contribution is 2.27. The second kappa shape index (κ2) is 5.68. The van der Waals surface area contributed by atoms with Crippen LogP contribution in [-0.2, 0) is 0 Å². The highest BCUT2D eigenvalue weighted by Gasteiger charge is 2.23. The van der Waals surface area contributed by atoms with Crippen molar-refractivity contribution in [2.45, 2.75) is 6.04 Å². The van der Waals surface area contributed by atoms with Crippen LogP contribution in [-0.4, -0.2) is 31.2 Å². The lowest BCUT2D eigenvalue weighted by Gasteiger charge is -2.26. The van der Waals surface area contributed by atoms with E-state index in [1.54, 1.807) is 0 Å². The first-order valence-electron chi connectivity index (χ1n) is 6.79. The summed E-state index contributed by atoms with van der Waals surface area (Å²) in [5.74, 6) is 0.580. The van der Waals surface area contributed by atoms with Crippen molar-refractivity contribution in [2.75, 3.05) is 24.4 Å². The highest BCUT2D eigenvalue weighted by molar-refractivity contribution is 6.19. The van der Waals surface area contributed by atoms with Gasteiger partial charge in [0.2, 0.25) is 0 Å². The molecule has 1 unspecified atom stereocenters. The van der Waals surface area contributed by atoms with E-state index in [-0.39, 0.29) is 6.04 Å². The number of para-hydroxylation sites is 1. The number of nitrogens with zero attached hydrogens (tertiary/aromatic N) is 2. The first kappa shape index (κ1) is 13.2. The first-order valence-corrected chi connectivity index (χ1v) is 7.33. The molecular weight excluding hydrogens is 268 g/mol. The van der Waals surface area contributed by atoms with E-state index in [0.29, 0.717) is 5.88 Å². The van der Waals surface area contributed by atoms with Crippen LogP contribution in [0.5, 0.6) is 0 Å². The van der Waals surface area contributed by atoms with E-state index in [2.05, 4.69) is 48.3 Å². The normalized spacial score (nSPS) is 18.2. The van der Waals surface area contributed by atoms with Gasteiger partial charge in [0.25, 0.3) is 0 Å². The van der Waals surface area contributed by atoms with E-state index in [0.717, 1.165) is 17.8 Å². The summed E-state index contributed by atoms with van der Waals surface area (Å²) in [4.78, 5) is 7.07. The maximum Gasteiger partial charge on any atom is 0.0740 e. The third-order valence-corrected chi connectivity index (χ3v) is 4.13. The van der Waals surface area contributed by atoms with Gasteiger partial charge in [-0.15, -0.1) is 11.6 Å². The predicted molar refractivity (Wildman–Crippen MR) is 86.3 cm³/mol. The molecule has 0 N–H and O–H groups in total. The molecule has 1 atom stereocenters. The van der Waals surface area contributed by atoms with Crippen molar-refractivity contribution in [3.8, 4) is 0 Å². The largest absolute Gasteiger partial charge is 0.368 e. The second-order valence-electron chi connectivity index (χ2n) is 4.99. The number of rotatable bonds is 2. The Labute approximate surface area is 124 Å². The molecule has 2 aromatic carbocycles. The predicted octanol–water partition coefficient (Wildman–Crippen LogP) is 3.58. The third kappa shape index (κ3) is 2.32. The van der Waals surface area contributed by atoms with E-state index in [1.165, 1.54) is 11.3 Å². The fourth-order valence-electron chi connectivity index (χ4n) is 2.58. The molecule has 0 spiro atoms. The minimum Gasteiger partial charge on any atom is -0.368 e. The summed E-state index contributed by atoms with van der Waals surface area (Å²) in [6.45, 7) is 0.721. The quantitative estimate of drug-likeness (QED) is 0.770. The molecule has 0 saturated carbocycles. The topological polar surface area (TPSA) is 15.6 Å². The molecule has 0 aromatic heterocycles. The number of anilines is 1. The zero-order valence-electron chi connectivity index (χ0n) is 11.5. The van der Waals surface area contributed by atoms with Crippen molar-refractivity contribution >= 4 is 23.0 Å². The van der Waals surface area contributed by atoms with Crippen LogP contribution in [0.3, 0.4) is 0 Å². The molecule has 2 nitrogen and oxygen atoms in total. The minimum atomic E-state index is 0.235. The number of aliphatic imine (C=N–C) groups is 1. The van der Waals surface area contributed by atoms with Gasteiger partial charge in [-0.1, -0.05) is 48.5 Å². The fourth-order valence-corrected chi connectivity index (χ4v) is 2.88. The number of likely N-dealkylation sites (N-methyl/N-ethyl adjacent to an activating group) is 1. The summed E-state index contributed by atoms with van der Waals surface area (Å²) in [5, 5.41) is 0. The SMILES string of the molecule is CN1c2ccccc2C(c2ccccc2)=NCC1CCl. The summed E-state index contributed by atoms with van der Waals surface area (Å²) in [5.41, 5.74) is 4.58. The van der Waals surface area contributed by atoms with Gasteiger partial charge in [0, 0.05) is 29.7 Å². The Morgan fingerprint density at radius 1 is 1.10 bits per heavy atom. The van der Waals surface area contributed by atoms with Crippen LogP contribution in [0.2, 0.25) is 0 Å². The zero-order valence-corrected chi connectivity index (χ0v) is 12.2. The summed E-state index contributed by atoms with van der Waals surface area (Å²) >= 11 is 6.10. The molecular formula is C17H17ClN2. The molecule has 0 saturated heterocycles. The van der Waals surface area contributed by atoms with E-state index < -0.39 is 0 Å². The van der Waals surface area contributed by atoms with E-state index in [9.17, 15) is 0 Å². The number of benzodiazepines with no additional fused rings is 1. The molecule has 1 aliphatic rings. The van der Waals surface area contributed by atoms with Gasteiger partial charge in [-0.25, -0.2) is 0 Å². The Morgan fingerprint density at radius 3 is 2.55 bits per heavy atom. The molecule has 20 heavy (non-hydrogen) atoms. The highest BCUT2D eigenvalue weighted by atomic mass is 35.5. The fraction of sp³-hybridized carbons (Fsp3) is 0.235. The monoisotopic (exact) mass is 284 g/mol. The Bertz CT molecular complexity index is 622. The van der Waals surface area contributed by atoms with Gasteiger partial charge in [-0.05, 0) is 6.07 Å². The van der Waals surface area contributed by atoms with E-state index >= 15 is 0 Å². The smallest absolute Gasteiger partial charge is 0.0740 e. The van der Waals surface area contributed by atoms with Gasteiger partial charge in [-0.2, -0.15) is 0 Å². The number of hydrogen-bond donors (Lipinski definition) is 0. The molecule has 1 heterocycles. The van der Waals surface area contributed by atoms with Crippen LogP contribution in [0.25, 0.3) is 0 Å². The lowest BCUT2D eigenvalue weighted by atomic mass is 10.0. The van der Waals surface area contributed by atoms with Crippen molar-refractivity contribution in [3.05, 3.63) is 65.7 Å². The Balaban J connectivity index is 2.15. The van der Waals surface area contributed by atoms with Gasteiger partial charge >= 0.3 is 0 Å². The summed E-state index contributed by atoms with van der Waals surface area (Å²) in [6.07, 6.45) is 0. The molecule has 102 valence electrons. The van der Waals surface area contributed by atoms with Crippen LogP contribution in [0.4, 0.5) is 5.69 Å². The number of halogens is 1. The average molecular weight is 285 g/mol. The van der Waals surface area contributed by atoms with Crippen molar-refractivity contribution in [3.63, 3.8) is 0 Å². The maximum atomic E-state index is 6.10. The Morgan fingerprint density at radius 2 is 1.80 bits per heavy atom. The summed E-state index contributed by atoms with van der Waals surface area (Å²) in [7, 11) is 2.09. The standard InChI is InChI=1S/C17H17ClN2/c1-20-14(11-18)12-19-17(13-7-3-2-4-8-13)15-9-5-6-10-16(15)20/h2-10,14H,11-12H2,1H3. The van der Waals surface area contributed by atoms with Gasteiger partial charge in [-0.3, -0.25) is 4.99 Å². The number of benzene rings is 2. The van der Waals surface area contributed by atoms with Gasteiger partial charge in [0.1, 0.15) is 0 Å². The molecule has 0 amide bonds. The van der Waals surface area contributed by atoms with Crippen LogP contribution in [0.15, 0.2) is 59.6 Å². The molecule has 0 fully saturated rings. The van der Waals surface area contributed by atoms with Crippen molar-refractivity contribution < 1.29 is 0 Å². The van der Waals surface area contributed by atoms with E-state index in [1.807, 2.05) is 18.2 Å². The van der Waals surface area contributed by atoms with Crippen LogP contribution < -0.4 is 4.90 Å². The molecule has 0 radical (unpaired) electrons. The maximum absolute atomic E-state index is 6.10. The lowest BCUT2D eigenvalue weighted by Crippen LogP contribution is -2.35. The molecule has 3 heteroatoms. The van der Waals surface area contributed by atoms with Gasteiger partial charge in [0.05, 0.1) is 18.3 Å². The van der Waals surface area contributed by atoms with E-state index in [4.69, 9.17) is 16.6 Å². The average Bonchev–Trinajstić information content (AvgIpc) is 2.65. The van der Waals surface area contributed by atoms with Gasteiger partial charge < -0.3 is 4.90 Å². The second-order valence-corrected chi connectivity index (χ2v) is 5.30. The first-order chi connectivity index (χ1) is 9.81. The van der Waals surface area contributed by atoms with Gasteiger partial charge in [0.15, 0.2) is 0 Å². The molecule has 1 aliphatic heterocycles. The van der Waals surface area contributed by atoms with Crippen molar-refractivity contribution in [2.24, 2.45) is 4.99 Å². The summed E-state index contributed by atoms with van der Waals surface area (Å²) < 4.78 is 0. The lowest BCUT2D eigenvalue weighted by molar-refractivity contribution is 0.708. The van der Waals surface area contributed by atoms with Crippen molar-refractivity contribution in [1.29, 1.82) is 0 Å². The Hall–Kier alpha value is -1.80. The number of alkyl halides is 1. The molecule has 3 rings (SSSR count). The number of fused-ring (bicyclic) bond motifs is 1. The zero-order chi connectivity index (χ0) is 13.9. The number of hydrogen-bond acceptors (Lipinski definition) is 2. The van der Waals surface area contributed by atoms with Crippen LogP contribution in [0, 0.1) is 0 Å². The Kier molecular flexibility index (Phi) is 3.75. The van der Waals surface area contributed by atoms with Crippen LogP contribution >= 0.6 is 11.6 Å². The van der Waals surface area contributed by atoms with Crippen molar-refractivity contribution in [1.82, 2.24) is 0 Å². The molecule has 0 bridgehead atoms. The minimum absolute atomic E-state index is 0.235. The third-order valence-electron chi connectivity index (χ3n) is 3.77. The molecule has 0 aliphatic carbocycles. The van der Waals surface area contributed by atoms with Crippen LogP contribution in [0.1, 0.15) is 11.1 Å².